The van der Waals surface area contributed by atoms with Gasteiger partial charge in [-0.05, 0) is 20.3 Å². The molecule has 0 radical (unpaired) electrons. The summed E-state index contributed by atoms with van der Waals surface area (Å²) < 4.78 is 21.2. The van der Waals surface area contributed by atoms with E-state index in [1.54, 1.807) is 4.90 Å². The Labute approximate surface area is 89.6 Å². The molecule has 0 aliphatic rings. The molecule has 0 saturated heterocycles. The molecule has 0 aliphatic carbocycles. The van der Waals surface area contributed by atoms with E-state index in [-0.39, 0.29) is 17.7 Å². The fraction of sp³-hybridized carbons (Fsp3) is 0.875. The maximum absolute atomic E-state index is 11.1. The van der Waals surface area contributed by atoms with E-state index in [1.165, 1.54) is 6.92 Å². The molecule has 0 unspecified atom stereocenters. The molecule has 0 bridgehead atoms. The second kappa shape index (κ2) is 5.56. The summed E-state index contributed by atoms with van der Waals surface area (Å²) in [4.78, 5) is 12.7. The van der Waals surface area contributed by atoms with E-state index >= 15 is 0 Å². The number of amides is 1. The third-order valence-electron chi connectivity index (χ3n) is 1.81. The Morgan fingerprint density at radius 2 is 1.93 bits per heavy atom. The van der Waals surface area contributed by atoms with Crippen molar-refractivity contribution in [3.8, 4) is 0 Å². The standard InChI is InChI=1S/C8H16ClNO3S/c1-7(2)10(8(3)11)5-4-6-14(9,12)13/h7H,4-6H2,1-3H3. The highest BCUT2D eigenvalue weighted by molar-refractivity contribution is 8.13. The molecule has 1 amide bonds. The third kappa shape index (κ3) is 6.21. The molecule has 6 heteroatoms. The monoisotopic (exact) mass is 241 g/mol. The molecule has 0 atom stereocenters. The van der Waals surface area contributed by atoms with Crippen molar-refractivity contribution in [3.05, 3.63) is 0 Å². The van der Waals surface area contributed by atoms with Crippen LogP contribution in [0.5, 0.6) is 0 Å². The number of halogens is 1. The summed E-state index contributed by atoms with van der Waals surface area (Å²) in [5.74, 6) is -0.141. The zero-order chi connectivity index (χ0) is 11.4. The molecule has 4 nitrogen and oxygen atoms in total. The maximum Gasteiger partial charge on any atom is 0.232 e. The highest BCUT2D eigenvalue weighted by Crippen LogP contribution is 2.04. The van der Waals surface area contributed by atoms with Crippen LogP contribution < -0.4 is 0 Å². The minimum absolute atomic E-state index is 0.0491. The van der Waals surface area contributed by atoms with Crippen molar-refractivity contribution < 1.29 is 13.2 Å². The highest BCUT2D eigenvalue weighted by atomic mass is 35.7. The van der Waals surface area contributed by atoms with Gasteiger partial charge in [0.15, 0.2) is 0 Å². The van der Waals surface area contributed by atoms with Gasteiger partial charge >= 0.3 is 0 Å². The van der Waals surface area contributed by atoms with E-state index in [0.717, 1.165) is 0 Å². The lowest BCUT2D eigenvalue weighted by Gasteiger charge is -2.24. The normalized spacial score (nSPS) is 11.8. The second-order valence-electron chi connectivity index (χ2n) is 3.40. The van der Waals surface area contributed by atoms with Crippen molar-refractivity contribution >= 4 is 25.6 Å². The Kier molecular flexibility index (Phi) is 5.44. The van der Waals surface area contributed by atoms with Crippen LogP contribution in [-0.4, -0.2) is 37.6 Å². The molecule has 0 fully saturated rings. The summed E-state index contributed by atoms with van der Waals surface area (Å²) in [5.41, 5.74) is 0. The molecular formula is C8H16ClNO3S. The number of hydrogen-bond donors (Lipinski definition) is 0. The van der Waals surface area contributed by atoms with Gasteiger partial charge in [0, 0.05) is 30.2 Å². The van der Waals surface area contributed by atoms with E-state index in [4.69, 9.17) is 10.7 Å². The summed E-state index contributed by atoms with van der Waals surface area (Å²) in [7, 11) is 1.61. The van der Waals surface area contributed by atoms with Crippen molar-refractivity contribution in [3.63, 3.8) is 0 Å². The fourth-order valence-electron chi connectivity index (χ4n) is 1.19. The topological polar surface area (TPSA) is 54.5 Å². The van der Waals surface area contributed by atoms with Crippen LogP contribution in [0.25, 0.3) is 0 Å². The molecule has 0 aromatic carbocycles. The van der Waals surface area contributed by atoms with Crippen LogP contribution in [0, 0.1) is 0 Å². The van der Waals surface area contributed by atoms with Gasteiger partial charge in [-0.2, -0.15) is 0 Å². The van der Waals surface area contributed by atoms with E-state index in [1.807, 2.05) is 13.8 Å². The van der Waals surface area contributed by atoms with Crippen molar-refractivity contribution in [2.45, 2.75) is 33.2 Å². The summed E-state index contributed by atoms with van der Waals surface area (Å²) in [6.07, 6.45) is 0.379. The van der Waals surface area contributed by atoms with Crippen molar-refractivity contribution in [2.24, 2.45) is 0 Å². The smallest absolute Gasteiger partial charge is 0.232 e. The van der Waals surface area contributed by atoms with E-state index in [0.29, 0.717) is 13.0 Å². The van der Waals surface area contributed by atoms with E-state index in [2.05, 4.69) is 0 Å². The minimum Gasteiger partial charge on any atom is -0.340 e. The molecule has 0 aliphatic heterocycles. The molecule has 0 spiro atoms. The van der Waals surface area contributed by atoms with Crippen LogP contribution in [0.4, 0.5) is 0 Å². The largest absolute Gasteiger partial charge is 0.340 e. The molecule has 0 aromatic rings. The Morgan fingerprint density at radius 1 is 1.43 bits per heavy atom. The summed E-state index contributed by atoms with van der Waals surface area (Å²) in [5, 5.41) is 0. The molecule has 0 rings (SSSR count). The van der Waals surface area contributed by atoms with Gasteiger partial charge in [-0.1, -0.05) is 0 Å². The third-order valence-corrected chi connectivity index (χ3v) is 3.05. The maximum atomic E-state index is 11.1. The highest BCUT2D eigenvalue weighted by Gasteiger charge is 2.13. The molecule has 84 valence electrons. The first-order valence-electron chi connectivity index (χ1n) is 4.43. The minimum atomic E-state index is -3.44. The molecule has 0 N–H and O–H groups in total. The zero-order valence-electron chi connectivity index (χ0n) is 8.66. The Hall–Kier alpha value is -0.290. The quantitative estimate of drug-likeness (QED) is 0.680. The Bertz CT molecular complexity index is 287. The van der Waals surface area contributed by atoms with E-state index in [9.17, 15) is 13.2 Å². The molecule has 0 aromatic heterocycles. The van der Waals surface area contributed by atoms with Gasteiger partial charge in [0.05, 0.1) is 5.75 Å². The summed E-state index contributed by atoms with van der Waals surface area (Å²) >= 11 is 0. The zero-order valence-corrected chi connectivity index (χ0v) is 10.2. The summed E-state index contributed by atoms with van der Waals surface area (Å²) in [6.45, 7) is 5.67. The lowest BCUT2D eigenvalue weighted by atomic mass is 10.3. The molecule has 14 heavy (non-hydrogen) atoms. The van der Waals surface area contributed by atoms with Crippen molar-refractivity contribution in [2.75, 3.05) is 12.3 Å². The summed E-state index contributed by atoms with van der Waals surface area (Å²) in [6, 6.07) is 0.0885. The average Bonchev–Trinajstić information content (AvgIpc) is 1.94. The number of rotatable bonds is 5. The predicted molar refractivity (Wildman–Crippen MR) is 56.8 cm³/mol. The number of nitrogens with zero attached hydrogens (tertiary/aromatic N) is 1. The molecule has 0 heterocycles. The fourth-order valence-corrected chi connectivity index (χ4v) is 1.99. The van der Waals surface area contributed by atoms with Crippen LogP contribution in [0.1, 0.15) is 27.2 Å². The van der Waals surface area contributed by atoms with Crippen molar-refractivity contribution in [1.82, 2.24) is 4.90 Å². The first kappa shape index (κ1) is 13.7. The van der Waals surface area contributed by atoms with Crippen LogP contribution in [-0.2, 0) is 13.8 Å². The van der Waals surface area contributed by atoms with Gasteiger partial charge in [0.25, 0.3) is 0 Å². The van der Waals surface area contributed by atoms with Crippen LogP contribution in [0.3, 0.4) is 0 Å². The predicted octanol–water partition coefficient (Wildman–Crippen LogP) is 1.20. The first-order chi connectivity index (χ1) is 6.24. The number of hydrogen-bond acceptors (Lipinski definition) is 3. The van der Waals surface area contributed by atoms with Crippen molar-refractivity contribution in [1.29, 1.82) is 0 Å². The van der Waals surface area contributed by atoms with Crippen LogP contribution in [0.15, 0.2) is 0 Å². The van der Waals surface area contributed by atoms with Gasteiger partial charge in [0.1, 0.15) is 0 Å². The van der Waals surface area contributed by atoms with Gasteiger partial charge in [-0.25, -0.2) is 8.42 Å². The van der Waals surface area contributed by atoms with Crippen LogP contribution in [0.2, 0.25) is 0 Å². The first-order valence-corrected chi connectivity index (χ1v) is 6.91. The van der Waals surface area contributed by atoms with Gasteiger partial charge in [0.2, 0.25) is 15.0 Å². The SMILES string of the molecule is CC(=O)N(CCCS(=O)(=O)Cl)C(C)C. The van der Waals surface area contributed by atoms with Gasteiger partial charge < -0.3 is 4.90 Å². The molecule has 0 saturated carbocycles. The second-order valence-corrected chi connectivity index (χ2v) is 6.30. The average molecular weight is 242 g/mol. The van der Waals surface area contributed by atoms with Gasteiger partial charge in [-0.3, -0.25) is 4.79 Å². The lowest BCUT2D eigenvalue weighted by Crippen LogP contribution is -2.36. The number of carbonyl (C=O) groups is 1. The van der Waals surface area contributed by atoms with Crippen LogP contribution >= 0.6 is 10.7 Å². The van der Waals surface area contributed by atoms with E-state index < -0.39 is 9.05 Å². The molecular weight excluding hydrogens is 226 g/mol. The number of carbonyl (C=O) groups excluding carboxylic acids is 1. The Morgan fingerprint density at radius 3 is 2.21 bits per heavy atom. The lowest BCUT2D eigenvalue weighted by molar-refractivity contribution is -0.130. The van der Waals surface area contributed by atoms with Gasteiger partial charge in [-0.15, -0.1) is 0 Å². The Balaban J connectivity index is 4.03.